The number of carbonyl (C=O) groups excluding carboxylic acids is 2. The Morgan fingerprint density at radius 2 is 1.93 bits per heavy atom. The van der Waals surface area contributed by atoms with Crippen LogP contribution in [0, 0.1) is 17.0 Å². The topological polar surface area (TPSA) is 123 Å². The predicted octanol–water partition coefficient (Wildman–Crippen LogP) is 2.27. The van der Waals surface area contributed by atoms with E-state index in [1.807, 2.05) is 0 Å². The lowest BCUT2D eigenvalue weighted by Crippen LogP contribution is -2.49. The first-order chi connectivity index (χ1) is 13.3. The molecule has 0 atom stereocenters. The molecule has 0 fully saturated rings. The first kappa shape index (κ1) is 21.1. The van der Waals surface area contributed by atoms with Gasteiger partial charge in [-0.3, -0.25) is 35.9 Å². The number of aryl methyl sites for hydroxylation is 1. The fraction of sp³-hybridized carbons (Fsp3) is 0.118. The van der Waals surface area contributed by atoms with Gasteiger partial charge in [0.05, 0.1) is 4.92 Å². The van der Waals surface area contributed by atoms with E-state index in [0.717, 1.165) is 5.56 Å². The zero-order valence-electron chi connectivity index (χ0n) is 14.5. The average molecular weight is 423 g/mol. The quantitative estimate of drug-likeness (QED) is 0.383. The predicted molar refractivity (Wildman–Crippen MR) is 106 cm³/mol. The molecule has 2 aromatic carbocycles. The van der Waals surface area contributed by atoms with E-state index in [9.17, 15) is 19.7 Å². The molecule has 28 heavy (non-hydrogen) atoms. The highest BCUT2D eigenvalue weighted by Gasteiger charge is 2.20. The van der Waals surface area contributed by atoms with Gasteiger partial charge in [-0.25, -0.2) is 0 Å². The Morgan fingerprint density at radius 1 is 1.21 bits per heavy atom. The number of nitrogens with one attached hydrogen (secondary N) is 3. The molecule has 0 bridgehead atoms. The number of benzene rings is 2. The number of ether oxygens (including phenoxy) is 1. The molecule has 146 valence electrons. The Labute approximate surface area is 170 Å². The van der Waals surface area contributed by atoms with Gasteiger partial charge in [0.1, 0.15) is 11.3 Å². The van der Waals surface area contributed by atoms with Gasteiger partial charge in [0.2, 0.25) is 0 Å². The maximum atomic E-state index is 12.1. The second-order valence-corrected chi connectivity index (χ2v) is 6.27. The van der Waals surface area contributed by atoms with Crippen LogP contribution in [-0.4, -0.2) is 28.5 Å². The summed E-state index contributed by atoms with van der Waals surface area (Å²) >= 11 is 10.7. The third kappa shape index (κ3) is 5.89. The Morgan fingerprint density at radius 3 is 2.61 bits per heavy atom. The minimum absolute atomic E-state index is 0.162. The molecule has 11 heteroatoms. The summed E-state index contributed by atoms with van der Waals surface area (Å²) in [5.74, 6) is -0.851. The smallest absolute Gasteiger partial charge is 0.282 e. The summed E-state index contributed by atoms with van der Waals surface area (Å²) in [6, 6.07) is 10.4. The first-order valence-electron chi connectivity index (χ1n) is 7.80. The monoisotopic (exact) mass is 422 g/mol. The van der Waals surface area contributed by atoms with E-state index in [-0.39, 0.29) is 23.0 Å². The summed E-state index contributed by atoms with van der Waals surface area (Å²) in [5.41, 5.74) is 4.81. The highest BCUT2D eigenvalue weighted by molar-refractivity contribution is 7.80. The molecule has 2 aromatic rings. The number of amides is 2. The molecule has 0 spiro atoms. The maximum absolute atomic E-state index is 12.1. The van der Waals surface area contributed by atoms with Gasteiger partial charge >= 0.3 is 0 Å². The van der Waals surface area contributed by atoms with Crippen molar-refractivity contribution in [1.29, 1.82) is 0 Å². The van der Waals surface area contributed by atoms with Crippen LogP contribution >= 0.6 is 23.8 Å². The first-order valence-corrected chi connectivity index (χ1v) is 8.59. The number of rotatable bonds is 5. The summed E-state index contributed by atoms with van der Waals surface area (Å²) in [6.45, 7) is 1.47. The number of para-hydroxylation sites is 1. The van der Waals surface area contributed by atoms with Crippen molar-refractivity contribution >= 4 is 46.4 Å². The second kappa shape index (κ2) is 9.62. The normalized spacial score (nSPS) is 9.93. The molecule has 2 rings (SSSR count). The SMILES string of the molecule is Cc1cc(Cl)ccc1OCC(=O)NNC(=S)NC(=O)c1ccccc1[N+](=O)[O-]. The number of halogens is 1. The molecule has 0 aliphatic rings. The second-order valence-electron chi connectivity index (χ2n) is 5.43. The van der Waals surface area contributed by atoms with Crippen LogP contribution in [-0.2, 0) is 4.79 Å². The summed E-state index contributed by atoms with van der Waals surface area (Å²) in [5, 5.41) is 13.5. The largest absolute Gasteiger partial charge is 0.483 e. The van der Waals surface area contributed by atoms with Crippen molar-refractivity contribution in [2.45, 2.75) is 6.92 Å². The lowest BCUT2D eigenvalue weighted by Gasteiger charge is -2.12. The van der Waals surface area contributed by atoms with Crippen molar-refractivity contribution < 1.29 is 19.2 Å². The zero-order valence-corrected chi connectivity index (χ0v) is 16.1. The fourth-order valence-electron chi connectivity index (χ4n) is 2.11. The fourth-order valence-corrected chi connectivity index (χ4v) is 2.48. The van der Waals surface area contributed by atoms with Crippen molar-refractivity contribution in [2.24, 2.45) is 0 Å². The Bertz CT molecular complexity index is 938. The van der Waals surface area contributed by atoms with E-state index < -0.39 is 16.7 Å². The molecule has 0 unspecified atom stereocenters. The zero-order chi connectivity index (χ0) is 20.7. The Balaban J connectivity index is 1.82. The maximum Gasteiger partial charge on any atom is 0.282 e. The van der Waals surface area contributed by atoms with Gasteiger partial charge in [0.25, 0.3) is 17.5 Å². The van der Waals surface area contributed by atoms with Crippen molar-refractivity contribution in [3.63, 3.8) is 0 Å². The molecule has 2 amide bonds. The summed E-state index contributed by atoms with van der Waals surface area (Å²) < 4.78 is 5.36. The number of nitrogens with zero attached hydrogens (tertiary/aromatic N) is 1. The lowest BCUT2D eigenvalue weighted by atomic mass is 10.1. The van der Waals surface area contributed by atoms with Crippen LogP contribution < -0.4 is 20.9 Å². The number of hydrogen-bond donors (Lipinski definition) is 3. The third-order valence-electron chi connectivity index (χ3n) is 3.38. The highest BCUT2D eigenvalue weighted by atomic mass is 35.5. The molecule has 3 N–H and O–H groups in total. The van der Waals surface area contributed by atoms with E-state index >= 15 is 0 Å². The molecular formula is C17H15ClN4O5S. The van der Waals surface area contributed by atoms with Gasteiger partial charge in [-0.15, -0.1) is 0 Å². The molecule has 0 radical (unpaired) electrons. The molecule has 0 heterocycles. The van der Waals surface area contributed by atoms with Crippen molar-refractivity contribution in [3.05, 3.63) is 68.7 Å². The van der Waals surface area contributed by atoms with E-state index in [0.29, 0.717) is 10.8 Å². The van der Waals surface area contributed by atoms with E-state index in [2.05, 4.69) is 16.2 Å². The number of hydrogen-bond acceptors (Lipinski definition) is 6. The van der Waals surface area contributed by atoms with Crippen LogP contribution in [0.4, 0.5) is 5.69 Å². The van der Waals surface area contributed by atoms with Crippen LogP contribution in [0.15, 0.2) is 42.5 Å². The minimum atomic E-state index is -0.785. The average Bonchev–Trinajstić information content (AvgIpc) is 2.65. The van der Waals surface area contributed by atoms with Gasteiger partial charge in [-0.1, -0.05) is 23.7 Å². The van der Waals surface area contributed by atoms with Crippen molar-refractivity contribution in [3.8, 4) is 5.75 Å². The van der Waals surface area contributed by atoms with Crippen LogP contribution in [0.2, 0.25) is 5.02 Å². The van der Waals surface area contributed by atoms with Crippen molar-refractivity contribution in [1.82, 2.24) is 16.2 Å². The van der Waals surface area contributed by atoms with Gasteiger partial charge < -0.3 is 4.74 Å². The Kier molecular flexibility index (Phi) is 7.24. The highest BCUT2D eigenvalue weighted by Crippen LogP contribution is 2.21. The molecule has 0 aliphatic heterocycles. The van der Waals surface area contributed by atoms with Crippen LogP contribution in [0.1, 0.15) is 15.9 Å². The summed E-state index contributed by atoms with van der Waals surface area (Å²) in [7, 11) is 0. The molecule has 0 aromatic heterocycles. The third-order valence-corrected chi connectivity index (χ3v) is 3.82. The number of nitro benzene ring substituents is 1. The summed E-state index contributed by atoms with van der Waals surface area (Å²) in [6.07, 6.45) is 0. The van der Waals surface area contributed by atoms with E-state index in [1.54, 1.807) is 25.1 Å². The number of carbonyl (C=O) groups is 2. The summed E-state index contributed by atoms with van der Waals surface area (Å²) in [4.78, 5) is 34.2. The van der Waals surface area contributed by atoms with Gasteiger partial charge in [-0.2, -0.15) is 0 Å². The molecule has 0 saturated heterocycles. The number of hydrazine groups is 1. The van der Waals surface area contributed by atoms with Crippen LogP contribution in [0.5, 0.6) is 5.75 Å². The van der Waals surface area contributed by atoms with Crippen molar-refractivity contribution in [2.75, 3.05) is 6.61 Å². The molecule has 0 saturated carbocycles. The van der Waals surface area contributed by atoms with Gasteiger partial charge in [0, 0.05) is 11.1 Å². The molecule has 9 nitrogen and oxygen atoms in total. The van der Waals surface area contributed by atoms with E-state index in [1.165, 1.54) is 24.3 Å². The molecule has 0 aliphatic carbocycles. The Hall–Kier alpha value is -3.24. The van der Waals surface area contributed by atoms with E-state index in [4.69, 9.17) is 28.6 Å². The molecular weight excluding hydrogens is 408 g/mol. The number of nitro groups is 1. The number of thiocarbonyl (C=S) groups is 1. The van der Waals surface area contributed by atoms with Gasteiger partial charge in [0.15, 0.2) is 11.7 Å². The standard InChI is InChI=1S/C17H15ClN4O5S/c1-10-8-11(18)6-7-14(10)27-9-15(23)20-21-17(28)19-16(24)12-4-2-3-5-13(12)22(25)26/h2-8H,9H2,1H3,(H,20,23)(H2,19,21,24,28). The minimum Gasteiger partial charge on any atom is -0.483 e. The van der Waals surface area contributed by atoms with Gasteiger partial charge in [-0.05, 0) is 49.0 Å². The van der Waals surface area contributed by atoms with Crippen LogP contribution in [0.25, 0.3) is 0 Å². The van der Waals surface area contributed by atoms with Crippen LogP contribution in [0.3, 0.4) is 0 Å². The lowest BCUT2D eigenvalue weighted by molar-refractivity contribution is -0.385.